The molecule has 0 atom stereocenters. The largest absolute Gasteiger partial charge is 0.444 e. The van der Waals surface area contributed by atoms with Crippen LogP contribution in [0.15, 0.2) is 30.3 Å². The molecule has 0 aromatic carbocycles. The predicted molar refractivity (Wildman–Crippen MR) is 64.5 cm³/mol. The van der Waals surface area contributed by atoms with Gasteiger partial charge in [0.1, 0.15) is 13.2 Å². The van der Waals surface area contributed by atoms with E-state index >= 15 is 0 Å². The van der Waals surface area contributed by atoms with Crippen molar-refractivity contribution in [2.45, 2.75) is 6.92 Å². The molecule has 4 amide bonds. The molecule has 0 radical (unpaired) electrons. The molecule has 0 saturated heterocycles. The maximum Gasteiger partial charge on any atom is 0.428 e. The van der Waals surface area contributed by atoms with E-state index in [0.29, 0.717) is 0 Å². The van der Waals surface area contributed by atoms with Gasteiger partial charge in [-0.15, -0.1) is 4.90 Å². The number of hydrogen-bond donors (Lipinski definition) is 0. The fraction of sp³-hybridized carbons (Fsp3) is 0.273. The van der Waals surface area contributed by atoms with Crippen LogP contribution in [0.5, 0.6) is 0 Å². The molecule has 0 aromatic rings. The van der Waals surface area contributed by atoms with Crippen LogP contribution >= 0.6 is 0 Å². The van der Waals surface area contributed by atoms with E-state index in [1.165, 1.54) is 19.1 Å². The molecular weight excluding hydrogens is 240 g/mol. The highest BCUT2D eigenvalue weighted by molar-refractivity contribution is 6.07. The Morgan fingerprint density at radius 3 is 1.89 bits per heavy atom. The second-order valence-electron chi connectivity index (χ2n) is 2.74. The molecule has 0 rings (SSSR count). The molecule has 0 N–H and O–H groups in total. The lowest BCUT2D eigenvalue weighted by atomic mass is 10.6. The summed E-state index contributed by atoms with van der Waals surface area (Å²) in [4.78, 5) is 37.8. The molecule has 7 heteroatoms. The third-order valence-electron chi connectivity index (χ3n) is 1.45. The number of urea groups is 1. The lowest BCUT2D eigenvalue weighted by Gasteiger charge is -2.14. The van der Waals surface area contributed by atoms with Crippen molar-refractivity contribution in [1.29, 1.82) is 0 Å². The van der Waals surface area contributed by atoms with E-state index < -0.39 is 18.2 Å². The summed E-state index contributed by atoms with van der Waals surface area (Å²) in [5.74, 6) is 0. The molecule has 0 saturated carbocycles. The summed E-state index contributed by atoms with van der Waals surface area (Å²) in [5, 5.41) is 0. The Balaban J connectivity index is 4.85. The molecule has 0 spiro atoms. The Labute approximate surface area is 104 Å². The van der Waals surface area contributed by atoms with Crippen LogP contribution in [0, 0.1) is 0 Å². The second kappa shape index (κ2) is 8.68. The molecule has 0 aliphatic carbocycles. The monoisotopic (exact) mass is 254 g/mol. The minimum absolute atomic E-state index is 0.146. The van der Waals surface area contributed by atoms with Gasteiger partial charge in [-0.05, 0) is 6.92 Å². The van der Waals surface area contributed by atoms with E-state index in [9.17, 15) is 14.4 Å². The van der Waals surface area contributed by atoms with E-state index in [1.807, 2.05) is 0 Å². The van der Waals surface area contributed by atoms with Crippen LogP contribution in [0.2, 0.25) is 0 Å². The summed E-state index contributed by atoms with van der Waals surface area (Å²) in [6.07, 6.45) is 1.35. The molecule has 0 unspecified atom stereocenters. The summed E-state index contributed by atoms with van der Waals surface area (Å²) in [5.41, 5.74) is 0. The quantitative estimate of drug-likeness (QED) is 0.566. The number of ether oxygens (including phenoxy) is 2. The molecule has 7 nitrogen and oxygen atoms in total. The van der Waals surface area contributed by atoms with Crippen LogP contribution in [-0.4, -0.2) is 42.5 Å². The van der Waals surface area contributed by atoms with Crippen LogP contribution in [0.1, 0.15) is 6.92 Å². The van der Waals surface area contributed by atoms with Crippen molar-refractivity contribution in [3.8, 4) is 0 Å². The van der Waals surface area contributed by atoms with E-state index in [0.717, 1.165) is 6.21 Å². The Hall–Kier alpha value is -2.44. The van der Waals surface area contributed by atoms with E-state index in [4.69, 9.17) is 0 Å². The SMILES string of the molecule is C=CCOC(=O)N(C(=O)N=CC)C(=O)OCC=C. The molecule has 18 heavy (non-hydrogen) atoms. The maximum atomic E-state index is 11.5. The molecule has 0 aliphatic heterocycles. The normalized spacial score (nSPS) is 9.61. The fourth-order valence-corrected chi connectivity index (χ4v) is 0.788. The van der Waals surface area contributed by atoms with Gasteiger partial charge >= 0.3 is 18.2 Å². The fourth-order valence-electron chi connectivity index (χ4n) is 0.788. The summed E-state index contributed by atoms with van der Waals surface area (Å²) >= 11 is 0. The highest BCUT2D eigenvalue weighted by atomic mass is 16.6. The van der Waals surface area contributed by atoms with Gasteiger partial charge in [-0.3, -0.25) is 0 Å². The first-order chi connectivity index (χ1) is 8.58. The predicted octanol–water partition coefficient (Wildman–Crippen LogP) is 2.14. The zero-order valence-corrected chi connectivity index (χ0v) is 10.00. The maximum absolute atomic E-state index is 11.5. The van der Waals surface area contributed by atoms with Crippen molar-refractivity contribution in [3.63, 3.8) is 0 Å². The number of amides is 4. The van der Waals surface area contributed by atoms with Gasteiger partial charge in [0.25, 0.3) is 0 Å². The lowest BCUT2D eigenvalue weighted by molar-refractivity contribution is 0.0971. The lowest BCUT2D eigenvalue weighted by Crippen LogP contribution is -2.41. The van der Waals surface area contributed by atoms with Crippen LogP contribution in [0.4, 0.5) is 14.4 Å². The van der Waals surface area contributed by atoms with Crippen molar-refractivity contribution in [2.75, 3.05) is 13.2 Å². The van der Waals surface area contributed by atoms with Gasteiger partial charge in [-0.1, -0.05) is 25.3 Å². The number of aliphatic imine (C=N–C) groups is 1. The molecule has 98 valence electrons. The Morgan fingerprint density at radius 1 is 1.11 bits per heavy atom. The zero-order chi connectivity index (χ0) is 14.0. The van der Waals surface area contributed by atoms with Crippen LogP contribution < -0.4 is 0 Å². The van der Waals surface area contributed by atoms with Crippen molar-refractivity contribution < 1.29 is 23.9 Å². The Morgan fingerprint density at radius 2 is 1.56 bits per heavy atom. The zero-order valence-electron chi connectivity index (χ0n) is 10.00. The number of rotatable bonds is 4. The summed E-state index contributed by atoms with van der Waals surface area (Å²) in [7, 11) is 0. The summed E-state index contributed by atoms with van der Waals surface area (Å²) < 4.78 is 9.14. The third kappa shape index (κ3) is 5.06. The van der Waals surface area contributed by atoms with Gasteiger partial charge in [-0.25, -0.2) is 19.4 Å². The van der Waals surface area contributed by atoms with Gasteiger partial charge in [-0.2, -0.15) is 0 Å². The third-order valence-corrected chi connectivity index (χ3v) is 1.45. The topological polar surface area (TPSA) is 85.3 Å². The number of hydrogen-bond acceptors (Lipinski definition) is 5. The number of imide groups is 3. The highest BCUT2D eigenvalue weighted by Gasteiger charge is 2.31. The Bertz CT molecular complexity index is 352. The molecule has 0 aliphatic rings. The highest BCUT2D eigenvalue weighted by Crippen LogP contribution is 2.02. The van der Waals surface area contributed by atoms with Gasteiger partial charge in [0, 0.05) is 6.21 Å². The number of nitrogens with zero attached hydrogens (tertiary/aromatic N) is 2. The first kappa shape index (κ1) is 15.6. The van der Waals surface area contributed by atoms with Gasteiger partial charge in [0.15, 0.2) is 0 Å². The standard InChI is InChI=1S/C11H14N2O5/c1-4-7-17-10(15)13(9(14)12-6-3)11(16)18-8-5-2/h4-6H,1-2,7-8H2,3H3. The average Bonchev–Trinajstić information content (AvgIpc) is 2.34. The smallest absolute Gasteiger partial charge is 0.428 e. The van der Waals surface area contributed by atoms with Crippen molar-refractivity contribution in [1.82, 2.24) is 4.90 Å². The number of carbonyl (C=O) groups excluding carboxylic acids is 3. The van der Waals surface area contributed by atoms with E-state index in [2.05, 4.69) is 27.6 Å². The van der Waals surface area contributed by atoms with Crippen molar-refractivity contribution >= 4 is 24.4 Å². The van der Waals surface area contributed by atoms with Crippen molar-refractivity contribution in [2.24, 2.45) is 4.99 Å². The van der Waals surface area contributed by atoms with Gasteiger partial charge in [0.2, 0.25) is 0 Å². The minimum Gasteiger partial charge on any atom is -0.444 e. The molecule has 0 fully saturated rings. The summed E-state index contributed by atoms with van der Waals surface area (Å²) in [6, 6.07) is -1.10. The minimum atomic E-state index is -1.18. The van der Waals surface area contributed by atoms with Crippen LogP contribution in [-0.2, 0) is 9.47 Å². The average molecular weight is 254 g/mol. The number of carbonyl (C=O) groups is 3. The first-order valence-electron chi connectivity index (χ1n) is 4.96. The molecule has 0 aromatic heterocycles. The van der Waals surface area contributed by atoms with Gasteiger partial charge < -0.3 is 9.47 Å². The summed E-state index contributed by atoms with van der Waals surface area (Å²) in [6.45, 7) is 7.82. The van der Waals surface area contributed by atoms with Crippen molar-refractivity contribution in [3.05, 3.63) is 25.3 Å². The molecular formula is C11H14N2O5. The molecule has 0 heterocycles. The van der Waals surface area contributed by atoms with Crippen LogP contribution in [0.3, 0.4) is 0 Å². The van der Waals surface area contributed by atoms with E-state index in [1.54, 1.807) is 0 Å². The Kier molecular flexibility index (Phi) is 7.51. The van der Waals surface area contributed by atoms with Gasteiger partial charge in [0.05, 0.1) is 0 Å². The second-order valence-corrected chi connectivity index (χ2v) is 2.74. The van der Waals surface area contributed by atoms with Crippen LogP contribution in [0.25, 0.3) is 0 Å². The first-order valence-corrected chi connectivity index (χ1v) is 4.96. The van der Waals surface area contributed by atoms with E-state index in [-0.39, 0.29) is 18.1 Å². The molecule has 0 bridgehead atoms.